The molecule has 0 aliphatic heterocycles. The molecule has 100 valence electrons. The molecule has 0 bridgehead atoms. The van der Waals surface area contributed by atoms with Gasteiger partial charge in [0.2, 0.25) is 0 Å². The zero-order chi connectivity index (χ0) is 13.0. The molecule has 1 aromatic heterocycles. The molecule has 1 aliphatic rings. The number of pyridine rings is 1. The maximum absolute atomic E-state index is 4.78. The Morgan fingerprint density at radius 1 is 1.39 bits per heavy atom. The molecule has 3 nitrogen and oxygen atoms in total. The first-order chi connectivity index (χ1) is 8.74. The Bertz CT molecular complexity index is 374. The minimum absolute atomic E-state index is 0.550. The van der Waals surface area contributed by atoms with Gasteiger partial charge in [-0.25, -0.2) is 4.98 Å². The van der Waals surface area contributed by atoms with Crippen molar-refractivity contribution in [3.8, 4) is 0 Å². The Balaban J connectivity index is 2.03. The quantitative estimate of drug-likeness (QED) is 0.803. The summed E-state index contributed by atoms with van der Waals surface area (Å²) in [6.45, 7) is 8.60. The predicted octanol–water partition coefficient (Wildman–Crippen LogP) is 2.96. The van der Waals surface area contributed by atoms with E-state index in [1.54, 1.807) is 0 Å². The van der Waals surface area contributed by atoms with Crippen molar-refractivity contribution in [3.63, 3.8) is 0 Å². The van der Waals surface area contributed by atoms with Gasteiger partial charge in [-0.15, -0.1) is 0 Å². The summed E-state index contributed by atoms with van der Waals surface area (Å²) in [6.07, 6.45) is 3.81. The van der Waals surface area contributed by atoms with Gasteiger partial charge in [0, 0.05) is 25.2 Å². The second-order valence-electron chi connectivity index (χ2n) is 5.19. The lowest BCUT2D eigenvalue weighted by Crippen LogP contribution is -2.33. The summed E-state index contributed by atoms with van der Waals surface area (Å²) in [5.41, 5.74) is 1.15. The number of nitrogens with one attached hydrogen (secondary N) is 1. The van der Waals surface area contributed by atoms with E-state index in [0.29, 0.717) is 6.04 Å². The predicted molar refractivity (Wildman–Crippen MR) is 76.9 cm³/mol. The lowest BCUT2D eigenvalue weighted by atomic mass is 10.2. The van der Waals surface area contributed by atoms with Gasteiger partial charge in [0.15, 0.2) is 0 Å². The SMILES string of the molecule is CCC(C)N(CC)c1cccc(CNC2CC2)n1. The van der Waals surface area contributed by atoms with Crippen LogP contribution in [0.4, 0.5) is 5.82 Å². The lowest BCUT2D eigenvalue weighted by molar-refractivity contribution is 0.618. The third-order valence-electron chi connectivity index (χ3n) is 3.70. The van der Waals surface area contributed by atoms with Gasteiger partial charge in [0.05, 0.1) is 5.69 Å². The molecule has 1 fully saturated rings. The molecule has 18 heavy (non-hydrogen) atoms. The molecular weight excluding hydrogens is 222 g/mol. The van der Waals surface area contributed by atoms with E-state index in [0.717, 1.165) is 37.1 Å². The number of hydrogen-bond donors (Lipinski definition) is 1. The van der Waals surface area contributed by atoms with E-state index < -0.39 is 0 Å². The average Bonchev–Trinajstić information content (AvgIpc) is 3.21. The van der Waals surface area contributed by atoms with Crippen molar-refractivity contribution in [3.05, 3.63) is 23.9 Å². The third-order valence-corrected chi connectivity index (χ3v) is 3.70. The summed E-state index contributed by atoms with van der Waals surface area (Å²) in [6, 6.07) is 7.65. The molecule has 1 unspecified atom stereocenters. The number of rotatable bonds is 7. The minimum Gasteiger partial charge on any atom is -0.354 e. The summed E-state index contributed by atoms with van der Waals surface area (Å²) in [5.74, 6) is 1.11. The van der Waals surface area contributed by atoms with E-state index in [4.69, 9.17) is 4.98 Å². The molecular formula is C15H25N3. The van der Waals surface area contributed by atoms with Crippen molar-refractivity contribution in [1.29, 1.82) is 0 Å². The molecule has 2 rings (SSSR count). The van der Waals surface area contributed by atoms with Gasteiger partial charge >= 0.3 is 0 Å². The fourth-order valence-corrected chi connectivity index (χ4v) is 2.18. The normalized spacial score (nSPS) is 16.6. The summed E-state index contributed by atoms with van der Waals surface area (Å²) < 4.78 is 0. The molecule has 1 atom stereocenters. The van der Waals surface area contributed by atoms with Crippen LogP contribution in [0.2, 0.25) is 0 Å². The first-order valence-electron chi connectivity index (χ1n) is 7.20. The van der Waals surface area contributed by atoms with E-state index in [1.807, 2.05) is 0 Å². The van der Waals surface area contributed by atoms with E-state index >= 15 is 0 Å². The van der Waals surface area contributed by atoms with Crippen LogP contribution in [0.5, 0.6) is 0 Å². The number of anilines is 1. The van der Waals surface area contributed by atoms with Crippen LogP contribution in [0.25, 0.3) is 0 Å². The van der Waals surface area contributed by atoms with Crippen LogP contribution >= 0.6 is 0 Å². The highest BCUT2D eigenvalue weighted by Gasteiger charge is 2.20. The van der Waals surface area contributed by atoms with Crippen molar-refractivity contribution in [2.75, 3.05) is 11.4 Å². The summed E-state index contributed by atoms with van der Waals surface area (Å²) >= 11 is 0. The molecule has 0 spiro atoms. The first kappa shape index (κ1) is 13.3. The molecule has 1 saturated carbocycles. The van der Waals surface area contributed by atoms with Gasteiger partial charge in [-0.05, 0) is 45.2 Å². The van der Waals surface area contributed by atoms with Crippen molar-refractivity contribution < 1.29 is 0 Å². The molecule has 1 N–H and O–H groups in total. The largest absolute Gasteiger partial charge is 0.354 e. The summed E-state index contributed by atoms with van der Waals surface area (Å²) in [7, 11) is 0. The fourth-order valence-electron chi connectivity index (χ4n) is 2.18. The highest BCUT2D eigenvalue weighted by molar-refractivity contribution is 5.40. The Morgan fingerprint density at radius 2 is 2.17 bits per heavy atom. The number of aromatic nitrogens is 1. The van der Waals surface area contributed by atoms with Crippen LogP contribution in [-0.4, -0.2) is 23.6 Å². The second kappa shape index (κ2) is 6.19. The zero-order valence-electron chi connectivity index (χ0n) is 11.8. The standard InChI is InChI=1S/C15H25N3/c1-4-12(3)18(5-2)15-8-6-7-14(17-15)11-16-13-9-10-13/h6-8,12-13,16H,4-5,9-11H2,1-3H3. The van der Waals surface area contributed by atoms with Crippen molar-refractivity contribution in [2.45, 2.75) is 58.7 Å². The van der Waals surface area contributed by atoms with Crippen LogP contribution in [0.3, 0.4) is 0 Å². The topological polar surface area (TPSA) is 28.2 Å². The Kier molecular flexibility index (Phi) is 4.59. The number of nitrogens with zero attached hydrogens (tertiary/aromatic N) is 2. The van der Waals surface area contributed by atoms with Gasteiger partial charge in [-0.1, -0.05) is 13.0 Å². The average molecular weight is 247 g/mol. The van der Waals surface area contributed by atoms with Crippen LogP contribution in [0, 0.1) is 0 Å². The lowest BCUT2D eigenvalue weighted by Gasteiger charge is -2.28. The molecule has 1 aromatic rings. The minimum atomic E-state index is 0.550. The van der Waals surface area contributed by atoms with Gasteiger partial charge < -0.3 is 10.2 Å². The molecule has 0 radical (unpaired) electrons. The molecule has 1 aliphatic carbocycles. The summed E-state index contributed by atoms with van der Waals surface area (Å²) in [5, 5.41) is 3.52. The second-order valence-corrected chi connectivity index (χ2v) is 5.19. The Hall–Kier alpha value is -1.09. The van der Waals surface area contributed by atoms with Gasteiger partial charge in [-0.3, -0.25) is 0 Å². The van der Waals surface area contributed by atoms with Crippen LogP contribution in [0.15, 0.2) is 18.2 Å². The third kappa shape index (κ3) is 3.45. The van der Waals surface area contributed by atoms with Crippen molar-refractivity contribution >= 4 is 5.82 Å². The molecule has 3 heteroatoms. The Morgan fingerprint density at radius 3 is 2.78 bits per heavy atom. The summed E-state index contributed by atoms with van der Waals surface area (Å²) in [4.78, 5) is 7.15. The van der Waals surface area contributed by atoms with Crippen LogP contribution < -0.4 is 10.2 Å². The van der Waals surface area contributed by atoms with E-state index in [2.05, 4.69) is 49.2 Å². The molecule has 1 heterocycles. The number of hydrogen-bond acceptors (Lipinski definition) is 3. The van der Waals surface area contributed by atoms with E-state index in [9.17, 15) is 0 Å². The van der Waals surface area contributed by atoms with Crippen molar-refractivity contribution in [2.24, 2.45) is 0 Å². The van der Waals surface area contributed by atoms with Crippen molar-refractivity contribution in [1.82, 2.24) is 10.3 Å². The smallest absolute Gasteiger partial charge is 0.129 e. The molecule has 0 saturated heterocycles. The first-order valence-corrected chi connectivity index (χ1v) is 7.20. The monoisotopic (exact) mass is 247 g/mol. The van der Waals surface area contributed by atoms with Crippen LogP contribution in [0.1, 0.15) is 45.7 Å². The van der Waals surface area contributed by atoms with Crippen LogP contribution in [-0.2, 0) is 6.54 Å². The zero-order valence-corrected chi connectivity index (χ0v) is 11.8. The van der Waals surface area contributed by atoms with E-state index in [1.165, 1.54) is 12.8 Å². The highest BCUT2D eigenvalue weighted by atomic mass is 15.2. The fraction of sp³-hybridized carbons (Fsp3) is 0.667. The van der Waals surface area contributed by atoms with Gasteiger partial charge in [-0.2, -0.15) is 0 Å². The highest BCUT2D eigenvalue weighted by Crippen LogP contribution is 2.20. The van der Waals surface area contributed by atoms with Gasteiger partial charge in [0.25, 0.3) is 0 Å². The maximum Gasteiger partial charge on any atom is 0.129 e. The molecule has 0 aromatic carbocycles. The molecule has 0 amide bonds. The van der Waals surface area contributed by atoms with Gasteiger partial charge in [0.1, 0.15) is 5.82 Å². The maximum atomic E-state index is 4.78. The Labute approximate surface area is 111 Å². The van der Waals surface area contributed by atoms with E-state index in [-0.39, 0.29) is 0 Å².